The fraction of sp³-hybridized carbons (Fsp3) is 0.750. The van der Waals surface area contributed by atoms with E-state index in [1.165, 1.54) is 0 Å². The first-order valence-electron chi connectivity index (χ1n) is 5.70. The predicted octanol–water partition coefficient (Wildman–Crippen LogP) is 1.75. The third kappa shape index (κ3) is 3.61. The average molecular weight is 226 g/mol. The summed E-state index contributed by atoms with van der Waals surface area (Å²) in [6.45, 7) is 10.1. The van der Waals surface area contributed by atoms with Crippen molar-refractivity contribution >= 4 is 0 Å². The number of ether oxygens (including phenoxy) is 1. The SMILES string of the molecule is CCn1nc(C)cc1COCC(C)(C)CO. The minimum atomic E-state index is -0.174. The van der Waals surface area contributed by atoms with E-state index in [2.05, 4.69) is 12.0 Å². The molecular formula is C12H22N2O2. The van der Waals surface area contributed by atoms with Crippen LogP contribution in [0.25, 0.3) is 0 Å². The molecule has 1 aromatic rings. The van der Waals surface area contributed by atoms with E-state index in [9.17, 15) is 0 Å². The van der Waals surface area contributed by atoms with Crippen molar-refractivity contribution < 1.29 is 9.84 Å². The summed E-state index contributed by atoms with van der Waals surface area (Å²) < 4.78 is 7.56. The number of hydrogen-bond donors (Lipinski definition) is 1. The van der Waals surface area contributed by atoms with E-state index in [0.717, 1.165) is 17.9 Å². The molecule has 4 nitrogen and oxygen atoms in total. The average Bonchev–Trinajstić information content (AvgIpc) is 2.59. The zero-order valence-corrected chi connectivity index (χ0v) is 10.7. The molecule has 0 saturated heterocycles. The molecule has 0 saturated carbocycles. The summed E-state index contributed by atoms with van der Waals surface area (Å²) in [6.07, 6.45) is 0. The minimum Gasteiger partial charge on any atom is -0.396 e. The van der Waals surface area contributed by atoms with Gasteiger partial charge in [0.15, 0.2) is 0 Å². The fourth-order valence-electron chi connectivity index (χ4n) is 1.47. The lowest BCUT2D eigenvalue weighted by atomic mass is 9.97. The molecule has 16 heavy (non-hydrogen) atoms. The molecule has 0 aliphatic carbocycles. The van der Waals surface area contributed by atoms with Gasteiger partial charge in [-0.25, -0.2) is 0 Å². The molecule has 1 heterocycles. The fourth-order valence-corrected chi connectivity index (χ4v) is 1.47. The Balaban J connectivity index is 2.48. The van der Waals surface area contributed by atoms with Crippen LogP contribution in [0.2, 0.25) is 0 Å². The first kappa shape index (κ1) is 13.2. The molecule has 0 spiro atoms. The maximum atomic E-state index is 9.10. The van der Waals surface area contributed by atoms with Gasteiger partial charge in [0, 0.05) is 12.0 Å². The number of rotatable bonds is 6. The van der Waals surface area contributed by atoms with Gasteiger partial charge in [-0.15, -0.1) is 0 Å². The lowest BCUT2D eigenvalue weighted by Crippen LogP contribution is -2.23. The molecule has 0 aromatic carbocycles. The van der Waals surface area contributed by atoms with Crippen molar-refractivity contribution in [1.29, 1.82) is 0 Å². The van der Waals surface area contributed by atoms with E-state index >= 15 is 0 Å². The van der Waals surface area contributed by atoms with Crippen LogP contribution >= 0.6 is 0 Å². The molecule has 92 valence electrons. The molecule has 4 heteroatoms. The van der Waals surface area contributed by atoms with Crippen molar-refractivity contribution in [2.24, 2.45) is 5.41 Å². The third-order valence-electron chi connectivity index (χ3n) is 2.46. The van der Waals surface area contributed by atoms with Crippen molar-refractivity contribution in [2.75, 3.05) is 13.2 Å². The van der Waals surface area contributed by atoms with Crippen LogP contribution in [0.4, 0.5) is 0 Å². The van der Waals surface area contributed by atoms with Gasteiger partial charge in [0.25, 0.3) is 0 Å². The standard InChI is InChI=1S/C12H22N2O2/c1-5-14-11(6-10(2)13-14)7-16-9-12(3,4)8-15/h6,15H,5,7-9H2,1-4H3. The Bertz CT molecular complexity index is 332. The lowest BCUT2D eigenvalue weighted by Gasteiger charge is -2.21. The quantitative estimate of drug-likeness (QED) is 0.804. The highest BCUT2D eigenvalue weighted by Crippen LogP contribution is 2.15. The maximum Gasteiger partial charge on any atom is 0.0885 e. The maximum absolute atomic E-state index is 9.10. The Kier molecular flexibility index (Phi) is 4.50. The first-order valence-corrected chi connectivity index (χ1v) is 5.70. The second-order valence-electron chi connectivity index (χ2n) is 4.91. The molecule has 1 rings (SSSR count). The van der Waals surface area contributed by atoms with E-state index < -0.39 is 0 Å². The predicted molar refractivity (Wildman–Crippen MR) is 63.2 cm³/mol. The molecule has 0 atom stereocenters. The van der Waals surface area contributed by atoms with Crippen LogP contribution in [0.3, 0.4) is 0 Å². The zero-order chi connectivity index (χ0) is 12.2. The van der Waals surface area contributed by atoms with E-state index in [-0.39, 0.29) is 12.0 Å². The van der Waals surface area contributed by atoms with E-state index in [1.807, 2.05) is 31.5 Å². The smallest absolute Gasteiger partial charge is 0.0885 e. The second-order valence-corrected chi connectivity index (χ2v) is 4.91. The van der Waals surface area contributed by atoms with E-state index in [1.54, 1.807) is 0 Å². The third-order valence-corrected chi connectivity index (χ3v) is 2.46. The molecule has 0 fully saturated rings. The Labute approximate surface area is 97.2 Å². The number of aryl methyl sites for hydroxylation is 2. The van der Waals surface area contributed by atoms with Crippen LogP contribution in [0.1, 0.15) is 32.2 Å². The Hall–Kier alpha value is -0.870. The van der Waals surface area contributed by atoms with Crippen LogP contribution in [-0.2, 0) is 17.9 Å². The molecule has 0 bridgehead atoms. The highest BCUT2D eigenvalue weighted by molar-refractivity contribution is 5.07. The van der Waals surface area contributed by atoms with Gasteiger partial charge >= 0.3 is 0 Å². The van der Waals surface area contributed by atoms with Gasteiger partial charge in [-0.2, -0.15) is 5.10 Å². The van der Waals surface area contributed by atoms with Crippen LogP contribution in [0, 0.1) is 12.3 Å². The summed E-state index contributed by atoms with van der Waals surface area (Å²) in [6, 6.07) is 2.04. The summed E-state index contributed by atoms with van der Waals surface area (Å²) in [4.78, 5) is 0. The molecule has 0 aliphatic rings. The van der Waals surface area contributed by atoms with Gasteiger partial charge in [-0.05, 0) is 19.9 Å². The molecule has 0 aliphatic heterocycles. The highest BCUT2D eigenvalue weighted by Gasteiger charge is 2.17. The van der Waals surface area contributed by atoms with Crippen molar-refractivity contribution in [1.82, 2.24) is 9.78 Å². The number of aliphatic hydroxyl groups excluding tert-OH is 1. The van der Waals surface area contributed by atoms with Crippen molar-refractivity contribution in [3.8, 4) is 0 Å². The number of hydrogen-bond acceptors (Lipinski definition) is 3. The minimum absolute atomic E-state index is 0.138. The van der Waals surface area contributed by atoms with Crippen molar-refractivity contribution in [3.05, 3.63) is 17.5 Å². The number of aliphatic hydroxyl groups is 1. The molecular weight excluding hydrogens is 204 g/mol. The summed E-state index contributed by atoms with van der Waals surface area (Å²) in [5.74, 6) is 0. The molecule has 1 aromatic heterocycles. The van der Waals surface area contributed by atoms with Gasteiger partial charge in [0.05, 0.1) is 31.2 Å². The van der Waals surface area contributed by atoms with Crippen molar-refractivity contribution in [2.45, 2.75) is 40.8 Å². The van der Waals surface area contributed by atoms with Gasteiger partial charge in [-0.1, -0.05) is 13.8 Å². The summed E-state index contributed by atoms with van der Waals surface area (Å²) in [5.41, 5.74) is 1.93. The van der Waals surface area contributed by atoms with Crippen LogP contribution < -0.4 is 0 Å². The molecule has 0 amide bonds. The second kappa shape index (κ2) is 5.46. The van der Waals surface area contributed by atoms with Gasteiger partial charge in [0.2, 0.25) is 0 Å². The zero-order valence-electron chi connectivity index (χ0n) is 10.7. The molecule has 1 N–H and O–H groups in total. The van der Waals surface area contributed by atoms with Gasteiger partial charge in [0.1, 0.15) is 0 Å². The number of nitrogens with zero attached hydrogens (tertiary/aromatic N) is 2. The van der Waals surface area contributed by atoms with Crippen molar-refractivity contribution in [3.63, 3.8) is 0 Å². The van der Waals surface area contributed by atoms with E-state index in [4.69, 9.17) is 9.84 Å². The van der Waals surface area contributed by atoms with Crippen LogP contribution in [0.15, 0.2) is 6.07 Å². The number of aromatic nitrogens is 2. The van der Waals surface area contributed by atoms with Crippen LogP contribution in [-0.4, -0.2) is 28.1 Å². The molecule has 0 radical (unpaired) electrons. The summed E-state index contributed by atoms with van der Waals surface area (Å²) in [7, 11) is 0. The Morgan fingerprint density at radius 2 is 2.19 bits per heavy atom. The highest BCUT2D eigenvalue weighted by atomic mass is 16.5. The topological polar surface area (TPSA) is 47.3 Å². The Morgan fingerprint density at radius 3 is 2.75 bits per heavy atom. The first-order chi connectivity index (χ1) is 7.48. The van der Waals surface area contributed by atoms with E-state index in [0.29, 0.717) is 13.2 Å². The summed E-state index contributed by atoms with van der Waals surface area (Å²) in [5, 5.41) is 13.5. The normalized spacial score (nSPS) is 12.1. The monoisotopic (exact) mass is 226 g/mol. The lowest BCUT2D eigenvalue weighted by molar-refractivity contribution is 0.0173. The van der Waals surface area contributed by atoms with Gasteiger partial charge < -0.3 is 9.84 Å². The van der Waals surface area contributed by atoms with Gasteiger partial charge in [-0.3, -0.25) is 4.68 Å². The van der Waals surface area contributed by atoms with Crippen LogP contribution in [0.5, 0.6) is 0 Å². The molecule has 0 unspecified atom stereocenters. The summed E-state index contributed by atoms with van der Waals surface area (Å²) >= 11 is 0. The Morgan fingerprint density at radius 1 is 1.50 bits per heavy atom. The largest absolute Gasteiger partial charge is 0.396 e.